The second-order valence-electron chi connectivity index (χ2n) is 4.84. The van der Waals surface area contributed by atoms with Crippen molar-refractivity contribution in [3.63, 3.8) is 0 Å². The first kappa shape index (κ1) is 17.7. The molecule has 7 heteroatoms. The van der Waals surface area contributed by atoms with Crippen molar-refractivity contribution >= 4 is 17.7 Å². The van der Waals surface area contributed by atoms with Crippen molar-refractivity contribution in [1.29, 1.82) is 0 Å². The monoisotopic (exact) mass is 313 g/mol. The molecule has 1 aromatic carbocycles. The van der Waals surface area contributed by atoms with Crippen LogP contribution in [0.15, 0.2) is 18.2 Å². The summed E-state index contributed by atoms with van der Waals surface area (Å²) >= 11 is 0. The zero-order valence-corrected chi connectivity index (χ0v) is 12.1. The smallest absolute Gasteiger partial charge is 0.326 e. The number of hydrogen-bond acceptors (Lipinski definition) is 3. The first-order valence-corrected chi connectivity index (χ1v) is 6.80. The molecule has 0 radical (unpaired) electrons. The summed E-state index contributed by atoms with van der Waals surface area (Å²) in [4.78, 5) is 34.0. The Morgan fingerprint density at radius 1 is 1.18 bits per heavy atom. The van der Waals surface area contributed by atoms with Gasteiger partial charge in [-0.05, 0) is 24.1 Å². The Hall–Kier alpha value is -2.31. The minimum Gasteiger partial charge on any atom is -0.480 e. The Morgan fingerprint density at radius 2 is 1.77 bits per heavy atom. The third-order valence-corrected chi connectivity index (χ3v) is 3.03. The molecule has 0 bridgehead atoms. The maximum Gasteiger partial charge on any atom is 0.326 e. The van der Waals surface area contributed by atoms with Gasteiger partial charge >= 0.3 is 5.97 Å². The van der Waals surface area contributed by atoms with Crippen LogP contribution in [-0.4, -0.2) is 28.8 Å². The van der Waals surface area contributed by atoms with Crippen molar-refractivity contribution in [3.05, 3.63) is 35.4 Å². The predicted octanol–water partition coefficient (Wildman–Crippen LogP) is 1.84. The van der Waals surface area contributed by atoms with Gasteiger partial charge in [-0.3, -0.25) is 9.59 Å². The minimum absolute atomic E-state index is 0.0226. The Balaban J connectivity index is 2.63. The van der Waals surface area contributed by atoms with Crippen molar-refractivity contribution in [2.45, 2.75) is 38.6 Å². The summed E-state index contributed by atoms with van der Waals surface area (Å²) in [5.74, 6) is -3.67. The molecule has 2 N–H and O–H groups in total. The molecule has 0 spiro atoms. The van der Waals surface area contributed by atoms with Gasteiger partial charge in [0, 0.05) is 18.9 Å². The molecule has 120 valence electrons. The van der Waals surface area contributed by atoms with E-state index < -0.39 is 29.6 Å². The molecule has 22 heavy (non-hydrogen) atoms. The summed E-state index contributed by atoms with van der Waals surface area (Å²) in [5, 5.41) is 11.3. The molecule has 0 aliphatic carbocycles. The second-order valence-corrected chi connectivity index (χ2v) is 4.84. The van der Waals surface area contributed by atoms with E-state index in [4.69, 9.17) is 5.11 Å². The van der Waals surface area contributed by atoms with Crippen LogP contribution >= 0.6 is 0 Å². The standard InChI is InChI=1S/C15H17F2NO4/c1-2-12(19)3-4-13(15(21)22)18-14(20)7-9-5-10(16)8-11(17)6-9/h5-6,8,13H,2-4,7H2,1H3,(H,18,20)(H,21,22)/t13-/m1/s1. The number of carboxylic acids is 1. The fourth-order valence-corrected chi connectivity index (χ4v) is 1.88. The van der Waals surface area contributed by atoms with Crippen LogP contribution in [0.1, 0.15) is 31.7 Å². The fourth-order valence-electron chi connectivity index (χ4n) is 1.88. The number of nitrogens with one attached hydrogen (secondary N) is 1. The molecular formula is C15H17F2NO4. The number of aliphatic carboxylic acids is 1. The molecule has 1 aromatic rings. The predicted molar refractivity (Wildman–Crippen MR) is 74.2 cm³/mol. The molecule has 0 fully saturated rings. The summed E-state index contributed by atoms with van der Waals surface area (Å²) in [7, 11) is 0. The lowest BCUT2D eigenvalue weighted by Crippen LogP contribution is -2.41. The van der Waals surface area contributed by atoms with E-state index in [1.165, 1.54) is 0 Å². The van der Waals surface area contributed by atoms with Crippen molar-refractivity contribution in [2.24, 2.45) is 0 Å². The lowest BCUT2D eigenvalue weighted by Gasteiger charge is -2.14. The van der Waals surface area contributed by atoms with E-state index in [2.05, 4.69) is 5.32 Å². The van der Waals surface area contributed by atoms with Gasteiger partial charge in [0.05, 0.1) is 6.42 Å². The van der Waals surface area contributed by atoms with E-state index in [1.54, 1.807) is 6.92 Å². The van der Waals surface area contributed by atoms with Crippen LogP contribution in [0.5, 0.6) is 0 Å². The molecule has 0 saturated heterocycles. The van der Waals surface area contributed by atoms with Crippen molar-refractivity contribution in [2.75, 3.05) is 0 Å². The zero-order chi connectivity index (χ0) is 16.7. The average molecular weight is 313 g/mol. The van der Waals surface area contributed by atoms with Crippen LogP contribution in [-0.2, 0) is 20.8 Å². The maximum atomic E-state index is 13.0. The number of amides is 1. The number of carbonyl (C=O) groups is 3. The molecular weight excluding hydrogens is 296 g/mol. The topological polar surface area (TPSA) is 83.5 Å². The van der Waals surface area contributed by atoms with E-state index in [0.717, 1.165) is 12.1 Å². The molecule has 1 atom stereocenters. The lowest BCUT2D eigenvalue weighted by atomic mass is 10.1. The Morgan fingerprint density at radius 3 is 2.27 bits per heavy atom. The maximum absolute atomic E-state index is 13.0. The van der Waals surface area contributed by atoms with E-state index in [0.29, 0.717) is 12.5 Å². The van der Waals surface area contributed by atoms with Gasteiger partial charge in [-0.1, -0.05) is 6.92 Å². The molecule has 1 rings (SSSR count). The van der Waals surface area contributed by atoms with Gasteiger partial charge in [0.2, 0.25) is 5.91 Å². The highest BCUT2D eigenvalue weighted by atomic mass is 19.1. The summed E-state index contributed by atoms with van der Waals surface area (Å²) < 4.78 is 26.0. The van der Waals surface area contributed by atoms with Crippen molar-refractivity contribution in [3.8, 4) is 0 Å². The van der Waals surface area contributed by atoms with E-state index in [-0.39, 0.29) is 30.6 Å². The number of Topliss-reactive ketones (excluding diaryl/α,β-unsaturated/α-hetero) is 1. The van der Waals surface area contributed by atoms with Crippen LogP contribution in [0.2, 0.25) is 0 Å². The first-order chi connectivity index (χ1) is 10.3. The third-order valence-electron chi connectivity index (χ3n) is 3.03. The van der Waals surface area contributed by atoms with E-state index in [9.17, 15) is 23.2 Å². The number of carboxylic acid groups (broad SMARTS) is 1. The number of hydrogen-bond donors (Lipinski definition) is 2. The number of carbonyl (C=O) groups excluding carboxylic acids is 2. The van der Waals surface area contributed by atoms with Gasteiger partial charge in [-0.15, -0.1) is 0 Å². The molecule has 1 amide bonds. The van der Waals surface area contributed by atoms with Crippen LogP contribution < -0.4 is 5.32 Å². The summed E-state index contributed by atoms with van der Waals surface area (Å²) in [6, 6.07) is 1.47. The van der Waals surface area contributed by atoms with Gasteiger partial charge in [0.15, 0.2) is 0 Å². The largest absolute Gasteiger partial charge is 0.480 e. The second kappa shape index (κ2) is 8.21. The van der Waals surface area contributed by atoms with Crippen LogP contribution in [0.3, 0.4) is 0 Å². The third kappa shape index (κ3) is 5.99. The number of benzene rings is 1. The quantitative estimate of drug-likeness (QED) is 0.767. The van der Waals surface area contributed by atoms with Gasteiger partial charge in [0.1, 0.15) is 23.5 Å². The van der Waals surface area contributed by atoms with Gasteiger partial charge in [-0.25, -0.2) is 13.6 Å². The van der Waals surface area contributed by atoms with Crippen molar-refractivity contribution < 1.29 is 28.3 Å². The van der Waals surface area contributed by atoms with Gasteiger partial charge in [0.25, 0.3) is 0 Å². The molecule has 0 aliphatic heterocycles. The number of ketones is 1. The number of halogens is 2. The highest BCUT2D eigenvalue weighted by molar-refractivity contribution is 5.85. The Bertz CT molecular complexity index is 554. The Labute approximate surface area is 126 Å². The Kier molecular flexibility index (Phi) is 6.62. The van der Waals surface area contributed by atoms with E-state index in [1.807, 2.05) is 0 Å². The fraction of sp³-hybridized carbons (Fsp3) is 0.400. The minimum atomic E-state index is -1.26. The summed E-state index contributed by atoms with van der Waals surface area (Å²) in [6.07, 6.45) is -0.0311. The van der Waals surface area contributed by atoms with Crippen LogP contribution in [0, 0.1) is 11.6 Å². The molecule has 0 heterocycles. The molecule has 5 nitrogen and oxygen atoms in total. The zero-order valence-electron chi connectivity index (χ0n) is 12.1. The molecule has 0 saturated carbocycles. The van der Waals surface area contributed by atoms with E-state index >= 15 is 0 Å². The molecule has 0 unspecified atom stereocenters. The summed E-state index contributed by atoms with van der Waals surface area (Å²) in [5.41, 5.74) is 0.101. The molecule has 0 aliphatic rings. The highest BCUT2D eigenvalue weighted by Gasteiger charge is 2.21. The summed E-state index contributed by atoms with van der Waals surface area (Å²) in [6.45, 7) is 1.66. The highest BCUT2D eigenvalue weighted by Crippen LogP contribution is 2.09. The lowest BCUT2D eigenvalue weighted by molar-refractivity contribution is -0.142. The normalized spacial score (nSPS) is 11.8. The SMILES string of the molecule is CCC(=O)CC[C@@H](NC(=O)Cc1cc(F)cc(F)c1)C(=O)O. The average Bonchev–Trinajstić information content (AvgIpc) is 2.41. The van der Waals surface area contributed by atoms with Gasteiger partial charge in [-0.2, -0.15) is 0 Å². The van der Waals surface area contributed by atoms with Crippen LogP contribution in [0.4, 0.5) is 8.78 Å². The first-order valence-electron chi connectivity index (χ1n) is 6.80. The van der Waals surface area contributed by atoms with Gasteiger partial charge < -0.3 is 10.4 Å². The van der Waals surface area contributed by atoms with Crippen LogP contribution in [0.25, 0.3) is 0 Å². The number of rotatable bonds is 8. The molecule has 0 aromatic heterocycles. The van der Waals surface area contributed by atoms with Crippen molar-refractivity contribution in [1.82, 2.24) is 5.32 Å².